The normalized spacial score (nSPS) is 22.1. The first kappa shape index (κ1) is 15.9. The highest BCUT2D eigenvalue weighted by Gasteiger charge is 2.49. The molecule has 26 heavy (non-hydrogen) atoms. The van der Waals surface area contributed by atoms with Crippen molar-refractivity contribution in [2.24, 2.45) is 0 Å². The van der Waals surface area contributed by atoms with Crippen molar-refractivity contribution in [3.8, 4) is 0 Å². The Morgan fingerprint density at radius 2 is 1.88 bits per heavy atom. The molecule has 1 amide bonds. The van der Waals surface area contributed by atoms with Crippen molar-refractivity contribution in [3.63, 3.8) is 0 Å². The fourth-order valence-electron chi connectivity index (χ4n) is 4.19. The summed E-state index contributed by atoms with van der Waals surface area (Å²) >= 11 is 11.7. The van der Waals surface area contributed by atoms with Crippen LogP contribution < -0.4 is 4.90 Å². The Kier molecular flexibility index (Phi) is 3.39. The van der Waals surface area contributed by atoms with Gasteiger partial charge in [-0.3, -0.25) is 9.69 Å². The van der Waals surface area contributed by atoms with E-state index < -0.39 is 0 Å². The molecule has 0 saturated carbocycles. The summed E-state index contributed by atoms with van der Waals surface area (Å²) in [7, 11) is 0. The number of anilines is 1. The van der Waals surface area contributed by atoms with E-state index in [2.05, 4.69) is 28.9 Å². The molecule has 3 aromatic rings. The lowest BCUT2D eigenvalue weighted by Gasteiger charge is -2.34. The van der Waals surface area contributed by atoms with E-state index in [4.69, 9.17) is 23.8 Å². The minimum Gasteiger partial charge on any atom is -0.356 e. The highest BCUT2D eigenvalue weighted by Crippen LogP contribution is 2.41. The molecule has 4 nitrogen and oxygen atoms in total. The predicted octanol–water partition coefficient (Wildman–Crippen LogP) is 4.44. The van der Waals surface area contributed by atoms with Gasteiger partial charge < -0.3 is 9.88 Å². The molecule has 130 valence electrons. The average molecular weight is 382 g/mol. The minimum absolute atomic E-state index is 0.0184. The molecule has 3 heterocycles. The SMILES string of the molecule is CC1c2[nH]c3ccccc3c2CC2C(=O)N(c3ccc(Cl)cc3)C(=S)N21. The van der Waals surface area contributed by atoms with Gasteiger partial charge in [0.1, 0.15) is 6.04 Å². The summed E-state index contributed by atoms with van der Waals surface area (Å²) in [5.74, 6) is 0.0279. The van der Waals surface area contributed by atoms with Gasteiger partial charge in [0.15, 0.2) is 5.11 Å². The number of rotatable bonds is 1. The maximum absolute atomic E-state index is 13.2. The van der Waals surface area contributed by atoms with Gasteiger partial charge in [-0.2, -0.15) is 0 Å². The highest BCUT2D eigenvalue weighted by atomic mass is 35.5. The summed E-state index contributed by atoms with van der Waals surface area (Å²) in [6, 6.07) is 15.2. The number of benzene rings is 2. The number of nitrogens with one attached hydrogen (secondary N) is 1. The Balaban J connectivity index is 1.60. The van der Waals surface area contributed by atoms with E-state index in [1.165, 1.54) is 10.9 Å². The number of halogens is 1. The van der Waals surface area contributed by atoms with Crippen LogP contribution in [0.1, 0.15) is 24.2 Å². The summed E-state index contributed by atoms with van der Waals surface area (Å²) < 4.78 is 0. The molecule has 2 atom stereocenters. The molecule has 2 unspecified atom stereocenters. The summed E-state index contributed by atoms with van der Waals surface area (Å²) in [6.07, 6.45) is 0.659. The Bertz CT molecular complexity index is 1060. The molecule has 0 aliphatic carbocycles. The second kappa shape index (κ2) is 5.56. The Morgan fingerprint density at radius 3 is 2.65 bits per heavy atom. The van der Waals surface area contributed by atoms with Crippen molar-refractivity contribution in [1.82, 2.24) is 9.88 Å². The first-order valence-electron chi connectivity index (χ1n) is 8.57. The molecule has 1 fully saturated rings. The summed E-state index contributed by atoms with van der Waals surface area (Å²) in [5.41, 5.74) is 4.25. The van der Waals surface area contributed by atoms with Gasteiger partial charge in [0.05, 0.1) is 11.7 Å². The predicted molar refractivity (Wildman–Crippen MR) is 108 cm³/mol. The molecule has 6 heteroatoms. The van der Waals surface area contributed by atoms with Gasteiger partial charge in [0.25, 0.3) is 5.91 Å². The molecule has 0 radical (unpaired) electrons. The molecule has 2 aliphatic heterocycles. The zero-order valence-corrected chi connectivity index (χ0v) is 15.6. The number of aromatic amines is 1. The Labute approximate surface area is 161 Å². The fraction of sp³-hybridized carbons (Fsp3) is 0.200. The number of carbonyl (C=O) groups is 1. The van der Waals surface area contributed by atoms with Gasteiger partial charge >= 0.3 is 0 Å². The molecule has 0 spiro atoms. The first-order chi connectivity index (χ1) is 12.6. The number of para-hydroxylation sites is 1. The number of thiocarbonyl (C=S) groups is 1. The number of carbonyl (C=O) groups excluding carboxylic acids is 1. The van der Waals surface area contributed by atoms with Gasteiger partial charge in [-0.15, -0.1) is 0 Å². The van der Waals surface area contributed by atoms with Crippen molar-refractivity contribution in [3.05, 3.63) is 64.8 Å². The minimum atomic E-state index is -0.264. The standard InChI is InChI=1S/C20H16ClN3OS/c1-11-18-15(14-4-2-3-5-16(14)22-18)10-17-19(25)24(20(26)23(11)17)13-8-6-12(21)7-9-13/h2-9,11,17,22H,10H2,1H3. The second-order valence-corrected chi connectivity index (χ2v) is 7.60. The van der Waals surface area contributed by atoms with Crippen LogP contribution in [0.5, 0.6) is 0 Å². The number of aromatic nitrogens is 1. The van der Waals surface area contributed by atoms with Gasteiger partial charge in [0, 0.05) is 28.0 Å². The molecule has 0 bridgehead atoms. The smallest absolute Gasteiger partial charge is 0.256 e. The highest BCUT2D eigenvalue weighted by molar-refractivity contribution is 7.80. The number of amides is 1. The first-order valence-corrected chi connectivity index (χ1v) is 9.36. The third kappa shape index (κ3) is 2.07. The van der Waals surface area contributed by atoms with E-state index in [1.807, 2.05) is 24.3 Å². The van der Waals surface area contributed by atoms with E-state index in [1.54, 1.807) is 17.0 Å². The molecule has 2 aliphatic rings. The van der Waals surface area contributed by atoms with Gasteiger partial charge in [-0.05, 0) is 55.0 Å². The summed E-state index contributed by atoms with van der Waals surface area (Å²) in [5, 5.41) is 2.38. The number of fused-ring (bicyclic) bond motifs is 4. The number of H-pyrrole nitrogens is 1. The van der Waals surface area contributed by atoms with Crippen LogP contribution >= 0.6 is 23.8 Å². The van der Waals surface area contributed by atoms with E-state index in [0.29, 0.717) is 16.6 Å². The Hall–Kier alpha value is -2.37. The van der Waals surface area contributed by atoms with Crippen LogP contribution in [0.2, 0.25) is 5.02 Å². The van der Waals surface area contributed by atoms with E-state index >= 15 is 0 Å². The van der Waals surface area contributed by atoms with Crippen LogP contribution in [0.3, 0.4) is 0 Å². The molecular formula is C20H16ClN3OS. The zero-order valence-electron chi connectivity index (χ0n) is 14.1. The van der Waals surface area contributed by atoms with Crippen LogP contribution in [-0.2, 0) is 11.2 Å². The average Bonchev–Trinajstić information content (AvgIpc) is 3.13. The zero-order chi connectivity index (χ0) is 18.0. The summed E-state index contributed by atoms with van der Waals surface area (Å²) in [4.78, 5) is 20.4. The maximum atomic E-state index is 13.2. The van der Waals surface area contributed by atoms with Crippen LogP contribution in [0.4, 0.5) is 5.69 Å². The molecular weight excluding hydrogens is 366 g/mol. The molecule has 1 N–H and O–H groups in total. The number of hydrogen-bond acceptors (Lipinski definition) is 2. The van der Waals surface area contributed by atoms with Crippen molar-refractivity contribution >= 4 is 51.4 Å². The van der Waals surface area contributed by atoms with Crippen LogP contribution in [0.25, 0.3) is 10.9 Å². The van der Waals surface area contributed by atoms with Gasteiger partial charge in [-0.1, -0.05) is 29.8 Å². The fourth-order valence-corrected chi connectivity index (χ4v) is 4.80. The lowest BCUT2D eigenvalue weighted by atomic mass is 9.93. The largest absolute Gasteiger partial charge is 0.356 e. The van der Waals surface area contributed by atoms with Crippen LogP contribution in [-0.4, -0.2) is 26.9 Å². The van der Waals surface area contributed by atoms with Crippen LogP contribution in [0.15, 0.2) is 48.5 Å². The van der Waals surface area contributed by atoms with Crippen LogP contribution in [0, 0.1) is 0 Å². The van der Waals surface area contributed by atoms with Gasteiger partial charge in [-0.25, -0.2) is 0 Å². The van der Waals surface area contributed by atoms with Crippen molar-refractivity contribution < 1.29 is 4.79 Å². The van der Waals surface area contributed by atoms with E-state index in [9.17, 15) is 4.79 Å². The van der Waals surface area contributed by atoms with Gasteiger partial charge in [0.2, 0.25) is 0 Å². The molecule has 2 aromatic carbocycles. The molecule has 5 rings (SSSR count). The monoisotopic (exact) mass is 381 g/mol. The Morgan fingerprint density at radius 1 is 1.15 bits per heavy atom. The topological polar surface area (TPSA) is 39.3 Å². The summed E-state index contributed by atoms with van der Waals surface area (Å²) in [6.45, 7) is 2.10. The quantitative estimate of drug-likeness (QED) is 0.633. The third-order valence-electron chi connectivity index (χ3n) is 5.42. The van der Waals surface area contributed by atoms with Crippen molar-refractivity contribution in [1.29, 1.82) is 0 Å². The van der Waals surface area contributed by atoms with Crippen molar-refractivity contribution in [2.45, 2.75) is 25.4 Å². The lowest BCUT2D eigenvalue weighted by molar-refractivity contribution is -0.120. The number of hydrogen-bond donors (Lipinski definition) is 1. The molecule has 1 saturated heterocycles. The lowest BCUT2D eigenvalue weighted by Crippen LogP contribution is -2.42. The van der Waals surface area contributed by atoms with Crippen molar-refractivity contribution in [2.75, 3.05) is 4.90 Å². The third-order valence-corrected chi connectivity index (χ3v) is 6.06. The van der Waals surface area contributed by atoms with E-state index in [0.717, 1.165) is 16.9 Å². The molecule has 1 aromatic heterocycles. The maximum Gasteiger partial charge on any atom is 0.256 e. The number of nitrogens with zero attached hydrogens (tertiary/aromatic N) is 2. The van der Waals surface area contributed by atoms with E-state index in [-0.39, 0.29) is 18.0 Å². The second-order valence-electron chi connectivity index (χ2n) is 6.80.